The van der Waals surface area contributed by atoms with E-state index in [-0.39, 0.29) is 11.1 Å². The molecule has 0 unspecified atom stereocenters. The van der Waals surface area contributed by atoms with Gasteiger partial charge in [0.05, 0.1) is 24.1 Å². The third-order valence-corrected chi connectivity index (χ3v) is 3.59. The minimum atomic E-state index is -0.966. The fourth-order valence-electron chi connectivity index (χ4n) is 2.58. The molecule has 2 aromatic rings. The fourth-order valence-corrected chi connectivity index (χ4v) is 2.58. The predicted molar refractivity (Wildman–Crippen MR) is 73.0 cm³/mol. The van der Waals surface area contributed by atoms with E-state index in [1.54, 1.807) is 23.0 Å². The van der Waals surface area contributed by atoms with Gasteiger partial charge in [0, 0.05) is 5.56 Å². The summed E-state index contributed by atoms with van der Waals surface area (Å²) in [6, 6.07) is 6.62. The first-order valence-electron chi connectivity index (χ1n) is 6.54. The van der Waals surface area contributed by atoms with Crippen LogP contribution < -0.4 is 5.56 Å². The van der Waals surface area contributed by atoms with Crippen molar-refractivity contribution in [1.82, 2.24) is 9.55 Å². The minimum absolute atomic E-state index is 0.00627. The lowest BCUT2D eigenvalue weighted by Gasteiger charge is -2.08. The number of carboxylic acid groups (broad SMARTS) is 1. The summed E-state index contributed by atoms with van der Waals surface area (Å²) < 4.78 is 1.55. The standard InChI is InChI=1S/C15H14N2O3/c18-14-12-5-2-6-13(12)16-9-17(14)8-10-3-1-4-11(7-10)15(19)20/h1,3-4,7,9H,2,5-6,8H2,(H,19,20). The van der Waals surface area contributed by atoms with E-state index in [1.807, 2.05) is 6.07 Å². The smallest absolute Gasteiger partial charge is 0.335 e. The molecule has 1 aliphatic rings. The highest BCUT2D eigenvalue weighted by Gasteiger charge is 2.17. The van der Waals surface area contributed by atoms with E-state index >= 15 is 0 Å². The second kappa shape index (κ2) is 4.92. The van der Waals surface area contributed by atoms with Gasteiger partial charge in [0.25, 0.3) is 5.56 Å². The van der Waals surface area contributed by atoms with E-state index in [0.29, 0.717) is 6.54 Å². The van der Waals surface area contributed by atoms with Gasteiger partial charge in [0.2, 0.25) is 0 Å². The number of benzene rings is 1. The van der Waals surface area contributed by atoms with Crippen molar-refractivity contribution in [1.29, 1.82) is 0 Å². The van der Waals surface area contributed by atoms with Crippen molar-refractivity contribution in [2.75, 3.05) is 0 Å². The van der Waals surface area contributed by atoms with Crippen LogP contribution in [0.2, 0.25) is 0 Å². The van der Waals surface area contributed by atoms with Gasteiger partial charge in [-0.3, -0.25) is 9.36 Å². The molecule has 0 radical (unpaired) electrons. The Hall–Kier alpha value is -2.43. The zero-order chi connectivity index (χ0) is 14.1. The normalized spacial score (nSPS) is 13.2. The number of carbonyl (C=O) groups is 1. The molecule has 0 bridgehead atoms. The largest absolute Gasteiger partial charge is 0.478 e. The predicted octanol–water partition coefficient (Wildman–Crippen LogP) is 1.48. The molecule has 0 fully saturated rings. The lowest BCUT2D eigenvalue weighted by Crippen LogP contribution is -2.24. The molecule has 1 N–H and O–H groups in total. The number of carboxylic acids is 1. The van der Waals surface area contributed by atoms with Crippen LogP contribution in [0.5, 0.6) is 0 Å². The van der Waals surface area contributed by atoms with Gasteiger partial charge in [-0.2, -0.15) is 0 Å². The summed E-state index contributed by atoms with van der Waals surface area (Å²) in [5.41, 5.74) is 2.72. The molecule has 1 aliphatic carbocycles. The topological polar surface area (TPSA) is 72.2 Å². The Morgan fingerprint density at radius 1 is 1.35 bits per heavy atom. The fraction of sp³-hybridized carbons (Fsp3) is 0.267. The molecule has 0 saturated carbocycles. The summed E-state index contributed by atoms with van der Waals surface area (Å²) >= 11 is 0. The maximum Gasteiger partial charge on any atom is 0.335 e. The molecule has 0 spiro atoms. The van der Waals surface area contributed by atoms with Crippen LogP contribution in [0.4, 0.5) is 0 Å². The molecular formula is C15H14N2O3. The Morgan fingerprint density at radius 2 is 2.20 bits per heavy atom. The maximum absolute atomic E-state index is 12.3. The molecule has 5 nitrogen and oxygen atoms in total. The lowest BCUT2D eigenvalue weighted by atomic mass is 10.1. The number of aromatic carboxylic acids is 1. The van der Waals surface area contributed by atoms with Gasteiger partial charge in [-0.05, 0) is 37.0 Å². The van der Waals surface area contributed by atoms with Gasteiger partial charge in [-0.15, -0.1) is 0 Å². The third-order valence-electron chi connectivity index (χ3n) is 3.59. The van der Waals surface area contributed by atoms with Crippen molar-refractivity contribution in [3.05, 3.63) is 63.3 Å². The van der Waals surface area contributed by atoms with Crippen LogP contribution in [0.25, 0.3) is 0 Å². The van der Waals surface area contributed by atoms with Gasteiger partial charge < -0.3 is 5.11 Å². The average Bonchev–Trinajstić information content (AvgIpc) is 2.91. The van der Waals surface area contributed by atoms with Gasteiger partial charge in [-0.1, -0.05) is 12.1 Å². The second-order valence-electron chi connectivity index (χ2n) is 4.96. The Kier molecular flexibility index (Phi) is 3.10. The van der Waals surface area contributed by atoms with Crippen LogP contribution in [0, 0.1) is 0 Å². The quantitative estimate of drug-likeness (QED) is 0.917. The van der Waals surface area contributed by atoms with Crippen molar-refractivity contribution < 1.29 is 9.90 Å². The molecule has 0 saturated heterocycles. The number of aryl methyl sites for hydroxylation is 1. The molecule has 0 amide bonds. The van der Waals surface area contributed by atoms with E-state index in [2.05, 4.69) is 4.98 Å². The highest BCUT2D eigenvalue weighted by Crippen LogP contribution is 2.15. The van der Waals surface area contributed by atoms with Crippen molar-refractivity contribution in [3.63, 3.8) is 0 Å². The van der Waals surface area contributed by atoms with E-state index < -0.39 is 5.97 Å². The van der Waals surface area contributed by atoms with Crippen LogP contribution in [0.3, 0.4) is 0 Å². The van der Waals surface area contributed by atoms with Gasteiger partial charge in [0.15, 0.2) is 0 Å². The van der Waals surface area contributed by atoms with Crippen LogP contribution in [-0.4, -0.2) is 20.6 Å². The molecule has 5 heteroatoms. The zero-order valence-electron chi connectivity index (χ0n) is 10.9. The van der Waals surface area contributed by atoms with Crippen molar-refractivity contribution >= 4 is 5.97 Å². The summed E-state index contributed by atoms with van der Waals surface area (Å²) in [4.78, 5) is 27.6. The zero-order valence-corrected chi connectivity index (χ0v) is 10.9. The highest BCUT2D eigenvalue weighted by molar-refractivity contribution is 5.87. The van der Waals surface area contributed by atoms with Gasteiger partial charge >= 0.3 is 5.97 Å². The van der Waals surface area contributed by atoms with Gasteiger partial charge in [0.1, 0.15) is 0 Å². The van der Waals surface area contributed by atoms with Crippen molar-refractivity contribution in [2.45, 2.75) is 25.8 Å². The molecule has 102 valence electrons. The second-order valence-corrected chi connectivity index (χ2v) is 4.96. The maximum atomic E-state index is 12.3. The van der Waals surface area contributed by atoms with Crippen LogP contribution >= 0.6 is 0 Å². The third kappa shape index (κ3) is 2.22. The van der Waals surface area contributed by atoms with E-state index in [0.717, 1.165) is 36.1 Å². The average molecular weight is 270 g/mol. The number of rotatable bonds is 3. The first-order chi connectivity index (χ1) is 9.65. The minimum Gasteiger partial charge on any atom is -0.478 e. The van der Waals surface area contributed by atoms with Crippen LogP contribution in [0.1, 0.15) is 33.6 Å². The Labute approximate surface area is 115 Å². The van der Waals surface area contributed by atoms with Crippen LogP contribution in [-0.2, 0) is 19.4 Å². The summed E-state index contributed by atoms with van der Waals surface area (Å²) in [6.07, 6.45) is 4.20. The number of hydrogen-bond donors (Lipinski definition) is 1. The molecule has 20 heavy (non-hydrogen) atoms. The summed E-state index contributed by atoms with van der Waals surface area (Å²) in [5, 5.41) is 8.98. The summed E-state index contributed by atoms with van der Waals surface area (Å²) in [6.45, 7) is 0.347. The molecule has 1 aromatic heterocycles. The number of aromatic nitrogens is 2. The van der Waals surface area contributed by atoms with E-state index in [1.165, 1.54) is 6.07 Å². The molecule has 1 heterocycles. The lowest BCUT2D eigenvalue weighted by molar-refractivity contribution is 0.0696. The Bertz CT molecular complexity index is 734. The number of nitrogens with zero attached hydrogens (tertiary/aromatic N) is 2. The number of hydrogen-bond acceptors (Lipinski definition) is 3. The van der Waals surface area contributed by atoms with E-state index in [9.17, 15) is 9.59 Å². The molecule has 1 aromatic carbocycles. The first kappa shape index (κ1) is 12.6. The Balaban J connectivity index is 1.94. The molecule has 0 aliphatic heterocycles. The first-order valence-corrected chi connectivity index (χ1v) is 6.54. The van der Waals surface area contributed by atoms with Crippen molar-refractivity contribution in [2.24, 2.45) is 0 Å². The monoisotopic (exact) mass is 270 g/mol. The molecule has 3 rings (SSSR count). The van der Waals surface area contributed by atoms with Crippen LogP contribution in [0.15, 0.2) is 35.4 Å². The summed E-state index contributed by atoms with van der Waals surface area (Å²) in [7, 11) is 0. The van der Waals surface area contributed by atoms with Gasteiger partial charge in [-0.25, -0.2) is 9.78 Å². The van der Waals surface area contributed by atoms with E-state index in [4.69, 9.17) is 5.11 Å². The summed E-state index contributed by atoms with van der Waals surface area (Å²) in [5.74, 6) is -0.966. The Morgan fingerprint density at radius 3 is 3.00 bits per heavy atom. The SMILES string of the molecule is O=C(O)c1cccc(Cn2cnc3c(c2=O)CCC3)c1. The van der Waals surface area contributed by atoms with Crippen molar-refractivity contribution in [3.8, 4) is 0 Å². The molecule has 0 atom stereocenters. The number of fused-ring (bicyclic) bond motifs is 1. The highest BCUT2D eigenvalue weighted by atomic mass is 16.4. The molecular weight excluding hydrogens is 256 g/mol.